The number of carbonyl (C=O) groups excluding carboxylic acids is 1. The first-order chi connectivity index (χ1) is 8.50. The molecule has 0 atom stereocenters. The Kier molecular flexibility index (Phi) is 2.97. The van der Waals surface area contributed by atoms with E-state index in [-0.39, 0.29) is 17.0 Å². The lowest BCUT2D eigenvalue weighted by molar-refractivity contribution is 0.0682. The summed E-state index contributed by atoms with van der Waals surface area (Å²) in [6.45, 7) is 3.37. The van der Waals surface area contributed by atoms with Crippen LogP contribution in [0.15, 0.2) is 28.8 Å². The molecule has 5 heteroatoms. The van der Waals surface area contributed by atoms with Gasteiger partial charge in [0.05, 0.1) is 5.56 Å². The minimum Gasteiger partial charge on any atom is -0.476 e. The monoisotopic (exact) mass is 245 g/mol. The molecule has 0 aliphatic rings. The first-order valence-corrected chi connectivity index (χ1v) is 5.31. The molecule has 18 heavy (non-hydrogen) atoms. The fourth-order valence-electron chi connectivity index (χ4n) is 1.72. The third-order valence-electron chi connectivity index (χ3n) is 2.57. The van der Waals surface area contributed by atoms with Gasteiger partial charge in [0.25, 0.3) is 0 Å². The zero-order chi connectivity index (χ0) is 13.3. The average Bonchev–Trinajstić information content (AvgIpc) is 2.70. The summed E-state index contributed by atoms with van der Waals surface area (Å²) in [7, 11) is 0. The summed E-state index contributed by atoms with van der Waals surface area (Å²) >= 11 is 0. The van der Waals surface area contributed by atoms with Gasteiger partial charge in [0.15, 0.2) is 5.78 Å². The van der Waals surface area contributed by atoms with Gasteiger partial charge in [-0.1, -0.05) is 28.9 Å². The molecule has 0 spiro atoms. The quantitative estimate of drug-likeness (QED) is 0.838. The summed E-state index contributed by atoms with van der Waals surface area (Å²) < 4.78 is 4.78. The summed E-state index contributed by atoms with van der Waals surface area (Å²) in [6, 6.07) is 6.93. The summed E-state index contributed by atoms with van der Waals surface area (Å²) in [5.74, 6) is -1.46. The van der Waals surface area contributed by atoms with Crippen LogP contribution in [-0.2, 0) is 0 Å². The second-order valence-corrected chi connectivity index (χ2v) is 3.97. The molecule has 1 aromatic heterocycles. The Morgan fingerprint density at radius 1 is 1.28 bits per heavy atom. The van der Waals surface area contributed by atoms with Gasteiger partial charge in [0.2, 0.25) is 5.69 Å². The van der Waals surface area contributed by atoms with Crippen molar-refractivity contribution in [3.63, 3.8) is 0 Å². The number of carboxylic acid groups (broad SMARTS) is 1. The molecule has 92 valence electrons. The zero-order valence-electron chi connectivity index (χ0n) is 9.93. The lowest BCUT2D eigenvalue weighted by atomic mass is 10.0. The van der Waals surface area contributed by atoms with Crippen molar-refractivity contribution in [1.29, 1.82) is 0 Å². The minimum atomic E-state index is -1.28. The fraction of sp³-hybridized carbons (Fsp3) is 0.154. The van der Waals surface area contributed by atoms with E-state index in [4.69, 9.17) is 9.63 Å². The number of rotatable bonds is 3. The number of aryl methyl sites for hydroxylation is 2. The molecular weight excluding hydrogens is 234 g/mol. The molecule has 2 aromatic rings. The number of nitrogens with zero attached hydrogens (tertiary/aromatic N) is 1. The Balaban J connectivity index is 2.52. The topological polar surface area (TPSA) is 80.4 Å². The number of hydrogen-bond acceptors (Lipinski definition) is 4. The largest absolute Gasteiger partial charge is 0.476 e. The van der Waals surface area contributed by atoms with Gasteiger partial charge in [-0.15, -0.1) is 0 Å². The number of carboxylic acids is 1. The van der Waals surface area contributed by atoms with Crippen LogP contribution in [0.3, 0.4) is 0 Å². The van der Waals surface area contributed by atoms with E-state index in [1.165, 1.54) is 6.92 Å². The summed E-state index contributed by atoms with van der Waals surface area (Å²) in [6.07, 6.45) is 0. The number of hydrogen-bond donors (Lipinski definition) is 1. The molecule has 0 radical (unpaired) electrons. The smallest absolute Gasteiger partial charge is 0.358 e. The highest BCUT2D eigenvalue weighted by Crippen LogP contribution is 2.19. The van der Waals surface area contributed by atoms with Crippen LogP contribution >= 0.6 is 0 Å². The van der Waals surface area contributed by atoms with Gasteiger partial charge >= 0.3 is 5.97 Å². The van der Waals surface area contributed by atoms with Crippen LogP contribution in [0, 0.1) is 13.8 Å². The first kappa shape index (κ1) is 12.0. The predicted molar refractivity (Wildman–Crippen MR) is 62.8 cm³/mol. The number of carbonyl (C=O) groups is 2. The van der Waals surface area contributed by atoms with E-state index in [1.807, 2.05) is 13.0 Å². The van der Waals surface area contributed by atoms with E-state index in [9.17, 15) is 9.59 Å². The Hall–Kier alpha value is -2.43. The van der Waals surface area contributed by atoms with Gasteiger partial charge in [0.1, 0.15) is 5.76 Å². The fourth-order valence-corrected chi connectivity index (χ4v) is 1.72. The van der Waals surface area contributed by atoms with Crippen molar-refractivity contribution in [2.45, 2.75) is 13.8 Å². The van der Waals surface area contributed by atoms with Crippen LogP contribution in [0.4, 0.5) is 0 Å². The maximum absolute atomic E-state index is 12.2. The van der Waals surface area contributed by atoms with Gasteiger partial charge in [0, 0.05) is 5.56 Å². The lowest BCUT2D eigenvalue weighted by Gasteiger charge is -2.01. The van der Waals surface area contributed by atoms with Crippen molar-refractivity contribution in [2.75, 3.05) is 0 Å². The lowest BCUT2D eigenvalue weighted by Crippen LogP contribution is -2.09. The molecule has 0 saturated heterocycles. The summed E-state index contributed by atoms with van der Waals surface area (Å²) in [5.41, 5.74) is 1.00. The first-order valence-electron chi connectivity index (χ1n) is 5.31. The molecule has 0 aliphatic heterocycles. The normalized spacial score (nSPS) is 10.3. The SMILES string of the molecule is Cc1cccc(C(=O)c2c(C(=O)O)noc2C)c1. The minimum absolute atomic E-state index is 0.00750. The van der Waals surface area contributed by atoms with Gasteiger partial charge < -0.3 is 9.63 Å². The predicted octanol–water partition coefficient (Wildman–Crippen LogP) is 2.22. The van der Waals surface area contributed by atoms with Crippen molar-refractivity contribution in [3.8, 4) is 0 Å². The standard InChI is InChI=1S/C13H11NO4/c1-7-4-3-5-9(6-7)12(15)10-8(2)18-14-11(10)13(16)17/h3-6H,1-2H3,(H,16,17). The number of aromatic carboxylic acids is 1. The highest BCUT2D eigenvalue weighted by molar-refractivity contribution is 6.14. The van der Waals surface area contributed by atoms with Gasteiger partial charge in [-0.2, -0.15) is 0 Å². The average molecular weight is 245 g/mol. The van der Waals surface area contributed by atoms with Gasteiger partial charge in [-0.05, 0) is 19.9 Å². The molecular formula is C13H11NO4. The van der Waals surface area contributed by atoms with E-state index in [2.05, 4.69) is 5.16 Å². The van der Waals surface area contributed by atoms with Crippen LogP contribution in [0.25, 0.3) is 0 Å². The van der Waals surface area contributed by atoms with Crippen LogP contribution in [-0.4, -0.2) is 22.0 Å². The molecule has 0 saturated carbocycles. The Morgan fingerprint density at radius 3 is 2.61 bits per heavy atom. The Labute approximate surface area is 103 Å². The molecule has 1 aromatic carbocycles. The summed E-state index contributed by atoms with van der Waals surface area (Å²) in [4.78, 5) is 23.2. The maximum Gasteiger partial charge on any atom is 0.358 e. The van der Waals surface area contributed by atoms with Crippen LogP contribution < -0.4 is 0 Å². The van der Waals surface area contributed by atoms with Crippen molar-refractivity contribution in [1.82, 2.24) is 5.16 Å². The number of benzene rings is 1. The van der Waals surface area contributed by atoms with Crippen molar-refractivity contribution in [2.24, 2.45) is 0 Å². The van der Waals surface area contributed by atoms with Crippen LogP contribution in [0.5, 0.6) is 0 Å². The van der Waals surface area contributed by atoms with Crippen molar-refractivity contribution < 1.29 is 19.2 Å². The van der Waals surface area contributed by atoms with E-state index in [0.29, 0.717) is 5.56 Å². The highest BCUT2D eigenvalue weighted by Gasteiger charge is 2.25. The van der Waals surface area contributed by atoms with Crippen LogP contribution in [0.1, 0.15) is 37.7 Å². The van der Waals surface area contributed by atoms with E-state index in [1.54, 1.807) is 18.2 Å². The van der Waals surface area contributed by atoms with Gasteiger partial charge in [-0.3, -0.25) is 4.79 Å². The molecule has 5 nitrogen and oxygen atoms in total. The Bertz CT molecular complexity index is 628. The summed E-state index contributed by atoms with van der Waals surface area (Å²) in [5, 5.41) is 12.3. The maximum atomic E-state index is 12.2. The number of aromatic nitrogens is 1. The number of ketones is 1. The van der Waals surface area contributed by atoms with E-state index in [0.717, 1.165) is 5.56 Å². The Morgan fingerprint density at radius 2 is 2.00 bits per heavy atom. The second kappa shape index (κ2) is 4.44. The molecule has 0 bridgehead atoms. The van der Waals surface area contributed by atoms with E-state index < -0.39 is 11.8 Å². The second-order valence-electron chi connectivity index (χ2n) is 3.97. The zero-order valence-corrected chi connectivity index (χ0v) is 9.93. The third-order valence-corrected chi connectivity index (χ3v) is 2.57. The molecule has 0 fully saturated rings. The third kappa shape index (κ3) is 2.02. The van der Waals surface area contributed by atoms with Gasteiger partial charge in [-0.25, -0.2) is 4.79 Å². The van der Waals surface area contributed by atoms with Crippen molar-refractivity contribution in [3.05, 3.63) is 52.4 Å². The molecule has 0 unspecified atom stereocenters. The molecule has 2 rings (SSSR count). The van der Waals surface area contributed by atoms with E-state index >= 15 is 0 Å². The molecule has 1 N–H and O–H groups in total. The highest BCUT2D eigenvalue weighted by atomic mass is 16.5. The van der Waals surface area contributed by atoms with Crippen LogP contribution in [0.2, 0.25) is 0 Å². The molecule has 1 heterocycles. The molecule has 0 amide bonds. The molecule has 0 aliphatic carbocycles. The van der Waals surface area contributed by atoms with Crippen molar-refractivity contribution >= 4 is 11.8 Å².